The predicted molar refractivity (Wildman–Crippen MR) is 72.3 cm³/mol. The third kappa shape index (κ3) is 1.68. The van der Waals surface area contributed by atoms with Crippen molar-refractivity contribution in [1.82, 2.24) is 0 Å². The van der Waals surface area contributed by atoms with Gasteiger partial charge < -0.3 is 5.11 Å². The minimum atomic E-state index is -0.0682. The second kappa shape index (κ2) is 3.72. The molecule has 1 N–H and O–H groups in total. The van der Waals surface area contributed by atoms with Crippen LogP contribution in [0.25, 0.3) is 20.2 Å². The van der Waals surface area contributed by atoms with Gasteiger partial charge in [0.25, 0.3) is 0 Å². The maximum Gasteiger partial charge on any atom is 0.196 e. The molecule has 0 saturated carbocycles. The van der Waals surface area contributed by atoms with E-state index in [1.165, 1.54) is 17.4 Å². The fourth-order valence-corrected chi connectivity index (χ4v) is 3.14. The highest BCUT2D eigenvalue weighted by Gasteiger charge is 2.06. The molecular formula is C13H7ClO2S. The number of aromatic hydroxyl groups is 1. The number of fused-ring (bicyclic) bond motifs is 2. The highest BCUT2D eigenvalue weighted by molar-refractivity contribution is 7.24. The summed E-state index contributed by atoms with van der Waals surface area (Å²) in [7, 11) is 0. The quantitative estimate of drug-likeness (QED) is 0.626. The largest absolute Gasteiger partial charge is 0.508 e. The van der Waals surface area contributed by atoms with E-state index < -0.39 is 0 Å². The Labute approximate surface area is 106 Å². The summed E-state index contributed by atoms with van der Waals surface area (Å²) in [6.45, 7) is 0. The van der Waals surface area contributed by atoms with Gasteiger partial charge in [-0.05, 0) is 36.4 Å². The third-order valence-corrected chi connectivity index (χ3v) is 3.98. The van der Waals surface area contributed by atoms with E-state index in [2.05, 4.69) is 0 Å². The molecule has 0 aliphatic heterocycles. The number of benzene rings is 2. The van der Waals surface area contributed by atoms with Crippen molar-refractivity contribution in [1.29, 1.82) is 0 Å². The van der Waals surface area contributed by atoms with Gasteiger partial charge in [0.15, 0.2) is 5.43 Å². The average molecular weight is 263 g/mol. The lowest BCUT2D eigenvalue weighted by Crippen LogP contribution is -2.00. The molecule has 0 aliphatic carbocycles. The number of phenols is 1. The van der Waals surface area contributed by atoms with Crippen LogP contribution in [0, 0.1) is 0 Å². The van der Waals surface area contributed by atoms with Gasteiger partial charge in [0, 0.05) is 25.2 Å². The number of halogens is 1. The minimum absolute atomic E-state index is 0.0682. The van der Waals surface area contributed by atoms with E-state index in [1.54, 1.807) is 30.3 Å². The van der Waals surface area contributed by atoms with Gasteiger partial charge >= 0.3 is 0 Å². The van der Waals surface area contributed by atoms with Crippen LogP contribution < -0.4 is 5.43 Å². The minimum Gasteiger partial charge on any atom is -0.508 e. The van der Waals surface area contributed by atoms with Crippen LogP contribution in [-0.4, -0.2) is 5.11 Å². The van der Waals surface area contributed by atoms with E-state index in [-0.39, 0.29) is 11.2 Å². The van der Waals surface area contributed by atoms with Gasteiger partial charge in [-0.2, -0.15) is 0 Å². The van der Waals surface area contributed by atoms with E-state index in [4.69, 9.17) is 11.6 Å². The first-order valence-corrected chi connectivity index (χ1v) is 6.20. The fourth-order valence-electron chi connectivity index (χ4n) is 1.82. The molecule has 2 aromatic carbocycles. The molecule has 1 heterocycles. The lowest BCUT2D eigenvalue weighted by atomic mass is 10.2. The summed E-state index contributed by atoms with van der Waals surface area (Å²) in [5.74, 6) is 0.107. The first-order chi connectivity index (χ1) is 8.15. The van der Waals surface area contributed by atoms with Crippen molar-refractivity contribution >= 4 is 43.1 Å². The van der Waals surface area contributed by atoms with Gasteiger partial charge in [-0.3, -0.25) is 4.79 Å². The summed E-state index contributed by atoms with van der Waals surface area (Å²) in [4.78, 5) is 12.2. The van der Waals surface area contributed by atoms with Gasteiger partial charge in [0.05, 0.1) is 0 Å². The van der Waals surface area contributed by atoms with Crippen LogP contribution in [0.5, 0.6) is 5.75 Å². The molecule has 0 atom stereocenters. The molecule has 0 bridgehead atoms. The van der Waals surface area contributed by atoms with E-state index >= 15 is 0 Å². The lowest BCUT2D eigenvalue weighted by molar-refractivity contribution is 0.476. The molecule has 17 heavy (non-hydrogen) atoms. The smallest absolute Gasteiger partial charge is 0.196 e. The van der Waals surface area contributed by atoms with Crippen molar-refractivity contribution in [3.05, 3.63) is 51.6 Å². The first-order valence-electron chi connectivity index (χ1n) is 5.00. The maximum atomic E-state index is 12.2. The molecule has 0 aliphatic rings. The van der Waals surface area contributed by atoms with Crippen molar-refractivity contribution in [2.75, 3.05) is 0 Å². The SMILES string of the molecule is O=c1c2ccc(Cl)cc2sc2ccc(O)cc12. The van der Waals surface area contributed by atoms with Gasteiger partial charge in [-0.25, -0.2) is 0 Å². The van der Waals surface area contributed by atoms with E-state index in [9.17, 15) is 9.90 Å². The molecule has 84 valence electrons. The maximum absolute atomic E-state index is 12.2. The predicted octanol–water partition coefficient (Wildman–Crippen LogP) is 3.77. The molecule has 0 radical (unpaired) electrons. The number of rotatable bonds is 0. The Morgan fingerprint density at radius 3 is 2.65 bits per heavy atom. The number of hydrogen-bond donors (Lipinski definition) is 1. The number of hydrogen-bond acceptors (Lipinski definition) is 3. The number of phenolic OH excluding ortho intramolecular Hbond substituents is 1. The molecular weight excluding hydrogens is 256 g/mol. The highest BCUT2D eigenvalue weighted by atomic mass is 35.5. The Hall–Kier alpha value is -1.58. The molecule has 0 saturated heterocycles. The van der Waals surface area contributed by atoms with Gasteiger partial charge in [0.2, 0.25) is 0 Å². The van der Waals surface area contributed by atoms with Crippen LogP contribution in [0.1, 0.15) is 0 Å². The third-order valence-electron chi connectivity index (χ3n) is 2.62. The Bertz CT molecular complexity index is 792. The monoisotopic (exact) mass is 262 g/mol. The van der Waals surface area contributed by atoms with Crippen LogP contribution in [0.3, 0.4) is 0 Å². The summed E-state index contributed by atoms with van der Waals surface area (Å²) in [6, 6.07) is 10.0. The normalized spacial score (nSPS) is 11.1. The van der Waals surface area contributed by atoms with E-state index in [0.29, 0.717) is 15.8 Å². The van der Waals surface area contributed by atoms with Crippen molar-refractivity contribution in [3.8, 4) is 5.75 Å². The highest BCUT2D eigenvalue weighted by Crippen LogP contribution is 2.28. The zero-order valence-corrected chi connectivity index (χ0v) is 10.2. The topological polar surface area (TPSA) is 37.3 Å². The van der Waals surface area contributed by atoms with Crippen molar-refractivity contribution in [2.45, 2.75) is 0 Å². The van der Waals surface area contributed by atoms with Crippen LogP contribution in [-0.2, 0) is 0 Å². The Morgan fingerprint density at radius 1 is 1.00 bits per heavy atom. The average Bonchev–Trinajstić information content (AvgIpc) is 2.30. The van der Waals surface area contributed by atoms with Gasteiger partial charge in [-0.15, -0.1) is 11.3 Å². The summed E-state index contributed by atoms with van der Waals surface area (Å²) < 4.78 is 1.71. The summed E-state index contributed by atoms with van der Waals surface area (Å²) >= 11 is 7.40. The summed E-state index contributed by atoms with van der Waals surface area (Å²) in [5.41, 5.74) is -0.0682. The summed E-state index contributed by atoms with van der Waals surface area (Å²) in [5, 5.41) is 11.2. The molecule has 3 rings (SSSR count). The molecule has 3 aromatic rings. The van der Waals surface area contributed by atoms with Crippen LogP contribution in [0.2, 0.25) is 5.02 Å². The van der Waals surface area contributed by atoms with Crippen molar-refractivity contribution in [2.24, 2.45) is 0 Å². The van der Waals surface area contributed by atoms with Gasteiger partial charge in [-0.1, -0.05) is 11.6 Å². The molecule has 0 fully saturated rings. The molecule has 0 spiro atoms. The second-order valence-corrected chi connectivity index (χ2v) is 5.27. The molecule has 0 amide bonds. The fraction of sp³-hybridized carbons (Fsp3) is 0. The summed E-state index contributed by atoms with van der Waals surface area (Å²) in [6.07, 6.45) is 0. The Morgan fingerprint density at radius 2 is 1.82 bits per heavy atom. The molecule has 1 aromatic heterocycles. The lowest BCUT2D eigenvalue weighted by Gasteiger charge is -2.01. The van der Waals surface area contributed by atoms with E-state index in [0.717, 1.165) is 9.40 Å². The van der Waals surface area contributed by atoms with Crippen LogP contribution >= 0.6 is 22.9 Å². The Kier molecular flexibility index (Phi) is 2.31. The van der Waals surface area contributed by atoms with Gasteiger partial charge in [0.1, 0.15) is 5.75 Å². The first kappa shape index (κ1) is 10.6. The molecule has 4 heteroatoms. The second-order valence-electron chi connectivity index (χ2n) is 3.75. The standard InChI is InChI=1S/C13H7ClO2S/c14-7-1-3-9-12(5-7)17-11-4-2-8(15)6-10(11)13(9)16/h1-6,15H. The molecule has 0 unspecified atom stereocenters. The molecule has 2 nitrogen and oxygen atoms in total. The zero-order chi connectivity index (χ0) is 12.0. The zero-order valence-electron chi connectivity index (χ0n) is 8.61. The van der Waals surface area contributed by atoms with Crippen LogP contribution in [0.15, 0.2) is 41.2 Å². The van der Waals surface area contributed by atoms with Crippen molar-refractivity contribution < 1.29 is 5.11 Å². The Balaban J connectivity index is 2.57. The van der Waals surface area contributed by atoms with Crippen LogP contribution in [0.4, 0.5) is 0 Å². The van der Waals surface area contributed by atoms with E-state index in [1.807, 2.05) is 0 Å². The van der Waals surface area contributed by atoms with Crippen molar-refractivity contribution in [3.63, 3.8) is 0 Å².